The molecule has 0 unspecified atom stereocenters. The molecule has 5 nitrogen and oxygen atoms in total. The van der Waals surface area contributed by atoms with Crippen molar-refractivity contribution < 1.29 is 14.0 Å². The predicted molar refractivity (Wildman–Crippen MR) is 86.4 cm³/mol. The summed E-state index contributed by atoms with van der Waals surface area (Å²) in [5.41, 5.74) is 0.457. The van der Waals surface area contributed by atoms with E-state index in [0.717, 1.165) is 0 Å². The maximum atomic E-state index is 13.1. The fourth-order valence-corrected chi connectivity index (χ4v) is 2.77. The molecule has 0 atom stereocenters. The van der Waals surface area contributed by atoms with E-state index in [1.807, 2.05) is 16.1 Å². The molecule has 22 heavy (non-hydrogen) atoms. The van der Waals surface area contributed by atoms with Gasteiger partial charge in [0.15, 0.2) is 0 Å². The second kappa shape index (κ2) is 8.14. The van der Waals surface area contributed by atoms with E-state index in [9.17, 15) is 14.0 Å². The summed E-state index contributed by atoms with van der Waals surface area (Å²) in [6.07, 6.45) is 1.91. The number of halogens is 1. The second-order valence-electron chi connectivity index (χ2n) is 5.15. The summed E-state index contributed by atoms with van der Waals surface area (Å²) in [6.45, 7) is 2.90. The zero-order valence-corrected chi connectivity index (χ0v) is 13.4. The van der Waals surface area contributed by atoms with Crippen molar-refractivity contribution in [2.45, 2.75) is 0 Å². The molecular weight excluding hydrogens is 305 g/mol. The number of nitrogens with one attached hydrogen (secondary N) is 1. The number of rotatable bonds is 5. The van der Waals surface area contributed by atoms with E-state index >= 15 is 0 Å². The van der Waals surface area contributed by atoms with Gasteiger partial charge in [0.2, 0.25) is 11.8 Å². The van der Waals surface area contributed by atoms with E-state index in [1.54, 1.807) is 12.1 Å². The summed E-state index contributed by atoms with van der Waals surface area (Å²) in [5.74, 6) is 0.102. The SMILES string of the molecule is CSCC(=O)N1CCN(CC(=O)Nc2cccc(F)c2)CC1. The number of hydrogen-bond donors (Lipinski definition) is 1. The molecule has 1 fully saturated rings. The number of benzene rings is 1. The second-order valence-corrected chi connectivity index (χ2v) is 6.01. The molecule has 0 spiro atoms. The summed E-state index contributed by atoms with van der Waals surface area (Å²) in [4.78, 5) is 27.6. The Morgan fingerprint density at radius 3 is 2.64 bits per heavy atom. The molecular formula is C15H20FN3O2S. The summed E-state index contributed by atoms with van der Waals surface area (Å²) in [6, 6.07) is 5.83. The third-order valence-corrected chi connectivity index (χ3v) is 4.00. The Bertz CT molecular complexity index is 533. The van der Waals surface area contributed by atoms with Crippen molar-refractivity contribution in [3.63, 3.8) is 0 Å². The van der Waals surface area contributed by atoms with Crippen LogP contribution in [0.5, 0.6) is 0 Å². The highest BCUT2D eigenvalue weighted by Crippen LogP contribution is 2.10. The largest absolute Gasteiger partial charge is 0.339 e. The van der Waals surface area contributed by atoms with E-state index in [-0.39, 0.29) is 24.2 Å². The number of piperazine rings is 1. The van der Waals surface area contributed by atoms with Crippen LogP contribution in [0.3, 0.4) is 0 Å². The molecule has 0 saturated carbocycles. The van der Waals surface area contributed by atoms with Gasteiger partial charge in [-0.05, 0) is 24.5 Å². The number of carbonyl (C=O) groups is 2. The Hall–Kier alpha value is -1.60. The Morgan fingerprint density at radius 2 is 2.00 bits per heavy atom. The van der Waals surface area contributed by atoms with Crippen molar-refractivity contribution in [1.29, 1.82) is 0 Å². The van der Waals surface area contributed by atoms with Crippen molar-refractivity contribution in [2.24, 2.45) is 0 Å². The lowest BCUT2D eigenvalue weighted by molar-refractivity contribution is -0.130. The van der Waals surface area contributed by atoms with Gasteiger partial charge >= 0.3 is 0 Å². The summed E-state index contributed by atoms with van der Waals surface area (Å²) in [7, 11) is 0. The number of thioether (sulfide) groups is 1. The summed E-state index contributed by atoms with van der Waals surface area (Å²) in [5, 5.41) is 2.68. The highest BCUT2D eigenvalue weighted by Gasteiger charge is 2.21. The number of carbonyl (C=O) groups excluding carboxylic acids is 2. The first-order valence-electron chi connectivity index (χ1n) is 7.13. The number of nitrogens with zero attached hydrogens (tertiary/aromatic N) is 2. The van der Waals surface area contributed by atoms with Gasteiger partial charge in [0.1, 0.15) is 5.82 Å². The molecule has 7 heteroatoms. The van der Waals surface area contributed by atoms with E-state index in [0.29, 0.717) is 37.6 Å². The van der Waals surface area contributed by atoms with Gasteiger partial charge in [-0.1, -0.05) is 6.07 Å². The molecule has 2 amide bonds. The minimum atomic E-state index is -0.376. The first-order valence-corrected chi connectivity index (χ1v) is 8.52. The van der Waals surface area contributed by atoms with E-state index < -0.39 is 0 Å². The first kappa shape index (κ1) is 16.8. The van der Waals surface area contributed by atoms with Crippen molar-refractivity contribution in [3.05, 3.63) is 30.1 Å². The fourth-order valence-electron chi connectivity index (χ4n) is 2.34. The van der Waals surface area contributed by atoms with Crippen LogP contribution in [0.25, 0.3) is 0 Å². The fraction of sp³-hybridized carbons (Fsp3) is 0.467. The average molecular weight is 325 g/mol. The monoisotopic (exact) mass is 325 g/mol. The molecule has 1 N–H and O–H groups in total. The maximum Gasteiger partial charge on any atom is 0.238 e. The van der Waals surface area contributed by atoms with Gasteiger partial charge < -0.3 is 10.2 Å². The third kappa shape index (κ3) is 4.99. The quantitative estimate of drug-likeness (QED) is 0.886. The highest BCUT2D eigenvalue weighted by molar-refractivity contribution is 7.99. The zero-order valence-electron chi connectivity index (χ0n) is 12.5. The van der Waals surface area contributed by atoms with Gasteiger partial charge in [-0.3, -0.25) is 14.5 Å². The van der Waals surface area contributed by atoms with Crippen molar-refractivity contribution >= 4 is 29.3 Å². The van der Waals surface area contributed by atoms with Gasteiger partial charge in [-0.25, -0.2) is 4.39 Å². The average Bonchev–Trinajstić information content (AvgIpc) is 2.48. The summed E-state index contributed by atoms with van der Waals surface area (Å²) >= 11 is 1.52. The molecule has 1 heterocycles. The van der Waals surface area contributed by atoms with E-state index in [2.05, 4.69) is 5.32 Å². The van der Waals surface area contributed by atoms with Crippen LogP contribution in [0.4, 0.5) is 10.1 Å². The molecule has 2 rings (SSSR count). The Kier molecular flexibility index (Phi) is 6.21. The third-order valence-electron chi connectivity index (χ3n) is 3.47. The molecule has 1 saturated heterocycles. The van der Waals surface area contributed by atoms with Crippen LogP contribution in [0, 0.1) is 5.82 Å². The van der Waals surface area contributed by atoms with Gasteiger partial charge in [-0.2, -0.15) is 11.8 Å². The van der Waals surface area contributed by atoms with Crippen LogP contribution in [0.15, 0.2) is 24.3 Å². The Labute approximate surface area is 133 Å². The van der Waals surface area contributed by atoms with Crippen LogP contribution in [0.2, 0.25) is 0 Å². The van der Waals surface area contributed by atoms with E-state index in [4.69, 9.17) is 0 Å². The lowest BCUT2D eigenvalue weighted by Crippen LogP contribution is -2.50. The molecule has 1 aromatic carbocycles. The molecule has 0 aromatic heterocycles. The van der Waals surface area contributed by atoms with Gasteiger partial charge in [0, 0.05) is 31.9 Å². The van der Waals surface area contributed by atoms with Crippen LogP contribution < -0.4 is 5.32 Å². The van der Waals surface area contributed by atoms with Crippen LogP contribution in [0.1, 0.15) is 0 Å². The van der Waals surface area contributed by atoms with Crippen LogP contribution in [-0.4, -0.2) is 66.3 Å². The molecule has 0 bridgehead atoms. The first-order chi connectivity index (χ1) is 10.6. The minimum Gasteiger partial charge on any atom is -0.339 e. The molecule has 120 valence electrons. The minimum absolute atomic E-state index is 0.149. The maximum absolute atomic E-state index is 13.1. The highest BCUT2D eigenvalue weighted by atomic mass is 32.2. The molecule has 1 aromatic rings. The molecule has 0 radical (unpaired) electrons. The normalized spacial score (nSPS) is 15.6. The molecule has 1 aliphatic heterocycles. The number of anilines is 1. The van der Waals surface area contributed by atoms with Crippen molar-refractivity contribution in [2.75, 3.05) is 50.0 Å². The zero-order chi connectivity index (χ0) is 15.9. The Balaban J connectivity index is 1.76. The smallest absolute Gasteiger partial charge is 0.238 e. The van der Waals surface area contributed by atoms with Gasteiger partial charge in [-0.15, -0.1) is 0 Å². The molecule has 0 aliphatic carbocycles. The van der Waals surface area contributed by atoms with Crippen LogP contribution >= 0.6 is 11.8 Å². The van der Waals surface area contributed by atoms with Crippen molar-refractivity contribution in [1.82, 2.24) is 9.80 Å². The van der Waals surface area contributed by atoms with Gasteiger partial charge in [0.05, 0.1) is 12.3 Å². The Morgan fingerprint density at radius 1 is 1.27 bits per heavy atom. The van der Waals surface area contributed by atoms with Gasteiger partial charge in [0.25, 0.3) is 0 Å². The number of amides is 2. The lowest BCUT2D eigenvalue weighted by Gasteiger charge is -2.34. The standard InChI is InChI=1S/C15H20FN3O2S/c1-22-11-15(21)19-7-5-18(6-8-19)10-14(20)17-13-4-2-3-12(16)9-13/h2-4,9H,5-8,10-11H2,1H3,(H,17,20). The van der Waals surface area contributed by atoms with Crippen LogP contribution in [-0.2, 0) is 9.59 Å². The molecule has 1 aliphatic rings. The summed E-state index contributed by atoms with van der Waals surface area (Å²) < 4.78 is 13.1. The van der Waals surface area contributed by atoms with Crippen molar-refractivity contribution in [3.8, 4) is 0 Å². The topological polar surface area (TPSA) is 52.7 Å². The lowest BCUT2D eigenvalue weighted by atomic mass is 10.3. The van der Waals surface area contributed by atoms with E-state index in [1.165, 1.54) is 23.9 Å². The number of hydrogen-bond acceptors (Lipinski definition) is 4. The predicted octanol–water partition coefficient (Wildman–Crippen LogP) is 1.27.